The maximum atomic E-state index is 6.08. The van der Waals surface area contributed by atoms with Gasteiger partial charge in [0.15, 0.2) is 0 Å². The molecular weight excluding hydrogens is 280 g/mol. The normalized spacial score (nSPS) is 38.4. The van der Waals surface area contributed by atoms with Gasteiger partial charge < -0.3 is 5.73 Å². The van der Waals surface area contributed by atoms with Crippen molar-refractivity contribution in [3.05, 3.63) is 35.4 Å². The lowest BCUT2D eigenvalue weighted by atomic mass is 9.52. The molecule has 4 saturated carbocycles. The molecule has 0 radical (unpaired) electrons. The predicted molar refractivity (Wildman–Crippen MR) is 94.3 cm³/mol. The van der Waals surface area contributed by atoms with Crippen molar-refractivity contribution in [3.63, 3.8) is 0 Å². The van der Waals surface area contributed by atoms with Crippen LogP contribution in [0.15, 0.2) is 24.3 Å². The number of fused-ring (bicyclic) bond motifs is 1. The summed E-state index contributed by atoms with van der Waals surface area (Å²) in [5.41, 5.74) is 9.75. The summed E-state index contributed by atoms with van der Waals surface area (Å²) >= 11 is 0. The highest BCUT2D eigenvalue weighted by Crippen LogP contribution is 2.58. The molecule has 4 fully saturated rings. The molecule has 0 heterocycles. The highest BCUT2D eigenvalue weighted by molar-refractivity contribution is 5.33. The van der Waals surface area contributed by atoms with Crippen LogP contribution in [0, 0.1) is 17.8 Å². The fourth-order valence-corrected chi connectivity index (χ4v) is 7.12. The molecule has 124 valence electrons. The highest BCUT2D eigenvalue weighted by Gasteiger charge is 2.54. The van der Waals surface area contributed by atoms with Crippen LogP contribution in [0.5, 0.6) is 0 Å². The third-order valence-electron chi connectivity index (χ3n) is 7.46. The van der Waals surface area contributed by atoms with Gasteiger partial charge in [-0.3, -0.25) is 4.90 Å². The Hall–Kier alpha value is -0.860. The molecule has 2 nitrogen and oxygen atoms in total. The van der Waals surface area contributed by atoms with Gasteiger partial charge in [-0.1, -0.05) is 24.3 Å². The number of nitrogens with two attached hydrogens (primary N) is 1. The van der Waals surface area contributed by atoms with Crippen molar-refractivity contribution >= 4 is 0 Å². The summed E-state index contributed by atoms with van der Waals surface area (Å²) in [4.78, 5) is 2.91. The van der Waals surface area contributed by atoms with E-state index >= 15 is 0 Å². The van der Waals surface area contributed by atoms with E-state index in [0.717, 1.165) is 30.8 Å². The van der Waals surface area contributed by atoms with E-state index in [2.05, 4.69) is 29.2 Å². The fourth-order valence-electron chi connectivity index (χ4n) is 7.12. The maximum Gasteiger partial charge on any atom is 0.0221 e. The van der Waals surface area contributed by atoms with E-state index in [0.29, 0.717) is 11.6 Å². The molecule has 0 unspecified atom stereocenters. The van der Waals surface area contributed by atoms with Gasteiger partial charge in [-0.15, -0.1) is 0 Å². The average molecular weight is 310 g/mol. The van der Waals surface area contributed by atoms with Crippen LogP contribution in [-0.4, -0.2) is 29.6 Å². The van der Waals surface area contributed by atoms with E-state index in [1.165, 1.54) is 51.4 Å². The molecule has 5 aliphatic rings. The maximum absolute atomic E-state index is 6.08. The van der Waals surface area contributed by atoms with Gasteiger partial charge in [0.05, 0.1) is 0 Å². The zero-order chi connectivity index (χ0) is 15.4. The minimum Gasteiger partial charge on any atom is -0.329 e. The molecular formula is C21H30N2. The molecule has 1 aromatic rings. The van der Waals surface area contributed by atoms with Crippen molar-refractivity contribution in [2.24, 2.45) is 23.5 Å². The number of hydrogen-bond donors (Lipinski definition) is 1. The van der Waals surface area contributed by atoms with E-state index < -0.39 is 0 Å². The third-order valence-corrected chi connectivity index (χ3v) is 7.46. The summed E-state index contributed by atoms with van der Waals surface area (Å²) in [6.07, 6.45) is 11.5. The summed E-state index contributed by atoms with van der Waals surface area (Å²) in [6.45, 7) is 1.92. The standard InChI is InChI=1S/C21H30N2/c22-5-6-23(20-10-18-3-1-2-4-19(18)11-20)21-12-15-7-16(13-21)9-17(8-15)14-21/h1-4,15-17,20H,5-14,22H2. The van der Waals surface area contributed by atoms with Crippen molar-refractivity contribution in [3.8, 4) is 0 Å². The molecule has 2 heteroatoms. The van der Waals surface area contributed by atoms with E-state index in [-0.39, 0.29) is 0 Å². The molecule has 5 aliphatic carbocycles. The second-order valence-corrected chi connectivity index (χ2v) is 8.95. The van der Waals surface area contributed by atoms with Crippen molar-refractivity contribution in [2.45, 2.75) is 62.9 Å². The summed E-state index contributed by atoms with van der Waals surface area (Å²) in [5.74, 6) is 3.06. The monoisotopic (exact) mass is 310 g/mol. The van der Waals surface area contributed by atoms with Crippen LogP contribution < -0.4 is 5.73 Å². The topological polar surface area (TPSA) is 29.3 Å². The van der Waals surface area contributed by atoms with Gasteiger partial charge in [0.1, 0.15) is 0 Å². The Labute approximate surface area is 140 Å². The van der Waals surface area contributed by atoms with E-state index in [1.807, 2.05) is 0 Å². The molecule has 0 amide bonds. The third kappa shape index (κ3) is 2.29. The Morgan fingerprint density at radius 2 is 1.43 bits per heavy atom. The van der Waals surface area contributed by atoms with Crippen LogP contribution in [0.25, 0.3) is 0 Å². The van der Waals surface area contributed by atoms with Crippen LogP contribution in [0.1, 0.15) is 49.7 Å². The largest absolute Gasteiger partial charge is 0.329 e. The van der Waals surface area contributed by atoms with E-state index in [9.17, 15) is 0 Å². The average Bonchev–Trinajstić information content (AvgIpc) is 2.94. The van der Waals surface area contributed by atoms with Gasteiger partial charge in [-0.2, -0.15) is 0 Å². The minimum absolute atomic E-state index is 0.501. The Morgan fingerprint density at radius 1 is 0.913 bits per heavy atom. The number of benzene rings is 1. The molecule has 4 bridgehead atoms. The second-order valence-electron chi connectivity index (χ2n) is 8.95. The van der Waals surface area contributed by atoms with Crippen molar-refractivity contribution in [2.75, 3.05) is 13.1 Å². The predicted octanol–water partition coefficient (Wildman–Crippen LogP) is 3.38. The molecule has 0 aliphatic heterocycles. The lowest BCUT2D eigenvalue weighted by molar-refractivity contribution is -0.102. The van der Waals surface area contributed by atoms with Crippen molar-refractivity contribution < 1.29 is 0 Å². The molecule has 23 heavy (non-hydrogen) atoms. The lowest BCUT2D eigenvalue weighted by Gasteiger charge is -2.62. The number of rotatable bonds is 4. The van der Waals surface area contributed by atoms with Gasteiger partial charge in [0, 0.05) is 24.7 Å². The van der Waals surface area contributed by atoms with Gasteiger partial charge in [0.25, 0.3) is 0 Å². The Kier molecular flexibility index (Phi) is 3.35. The van der Waals surface area contributed by atoms with Gasteiger partial charge in [0.2, 0.25) is 0 Å². The summed E-state index contributed by atoms with van der Waals surface area (Å²) in [5, 5.41) is 0. The van der Waals surface area contributed by atoms with Crippen LogP contribution in [0.4, 0.5) is 0 Å². The molecule has 0 atom stereocenters. The number of nitrogens with zero attached hydrogens (tertiary/aromatic N) is 1. The Balaban J connectivity index is 1.44. The first-order valence-corrected chi connectivity index (χ1v) is 9.79. The Morgan fingerprint density at radius 3 is 1.91 bits per heavy atom. The Bertz CT molecular complexity index is 533. The van der Waals surface area contributed by atoms with Gasteiger partial charge in [-0.25, -0.2) is 0 Å². The molecule has 0 saturated heterocycles. The first kappa shape index (κ1) is 14.5. The smallest absolute Gasteiger partial charge is 0.0221 e. The van der Waals surface area contributed by atoms with Crippen molar-refractivity contribution in [1.29, 1.82) is 0 Å². The van der Waals surface area contributed by atoms with Crippen LogP contribution in [0.2, 0.25) is 0 Å². The van der Waals surface area contributed by atoms with Crippen LogP contribution in [0.3, 0.4) is 0 Å². The van der Waals surface area contributed by atoms with E-state index in [1.54, 1.807) is 11.1 Å². The quantitative estimate of drug-likeness (QED) is 0.924. The molecule has 0 aromatic heterocycles. The highest BCUT2D eigenvalue weighted by atomic mass is 15.2. The van der Waals surface area contributed by atoms with Crippen molar-refractivity contribution in [1.82, 2.24) is 4.90 Å². The second kappa shape index (κ2) is 5.32. The minimum atomic E-state index is 0.501. The summed E-state index contributed by atoms with van der Waals surface area (Å²) < 4.78 is 0. The number of hydrogen-bond acceptors (Lipinski definition) is 2. The first-order chi connectivity index (χ1) is 11.3. The van der Waals surface area contributed by atoms with Gasteiger partial charge in [-0.05, 0) is 80.2 Å². The molecule has 2 N–H and O–H groups in total. The zero-order valence-electron chi connectivity index (χ0n) is 14.2. The van der Waals surface area contributed by atoms with Crippen LogP contribution >= 0.6 is 0 Å². The molecule has 0 spiro atoms. The summed E-state index contributed by atoms with van der Waals surface area (Å²) in [7, 11) is 0. The van der Waals surface area contributed by atoms with Gasteiger partial charge >= 0.3 is 0 Å². The molecule has 1 aromatic carbocycles. The van der Waals surface area contributed by atoms with E-state index in [4.69, 9.17) is 5.73 Å². The fraction of sp³-hybridized carbons (Fsp3) is 0.714. The lowest BCUT2D eigenvalue weighted by Crippen LogP contribution is -2.63. The first-order valence-electron chi connectivity index (χ1n) is 9.79. The molecule has 6 rings (SSSR count). The summed E-state index contributed by atoms with van der Waals surface area (Å²) in [6, 6.07) is 9.80. The SMILES string of the molecule is NCCN(C1Cc2ccccc2C1)C12CC3CC(CC(C3)C1)C2. The zero-order valence-corrected chi connectivity index (χ0v) is 14.2. The van der Waals surface area contributed by atoms with Crippen LogP contribution in [-0.2, 0) is 12.8 Å².